The van der Waals surface area contributed by atoms with Crippen molar-refractivity contribution >= 4 is 49.9 Å². The van der Waals surface area contributed by atoms with Gasteiger partial charge in [0.1, 0.15) is 12.1 Å². The second-order valence-corrected chi connectivity index (χ2v) is 7.66. The van der Waals surface area contributed by atoms with Gasteiger partial charge in [0, 0.05) is 37.3 Å². The predicted molar refractivity (Wildman–Crippen MR) is 97.1 cm³/mol. The number of nitrogens with one attached hydrogen (secondary N) is 1. The third-order valence-electron chi connectivity index (χ3n) is 3.93. The molecule has 0 saturated carbocycles. The van der Waals surface area contributed by atoms with E-state index in [1.165, 1.54) is 11.3 Å². The van der Waals surface area contributed by atoms with Crippen molar-refractivity contribution in [3.8, 4) is 0 Å². The molecule has 0 aliphatic carbocycles. The predicted octanol–water partition coefficient (Wildman–Crippen LogP) is 2.81. The second-order valence-electron chi connectivity index (χ2n) is 5.51. The zero-order valence-corrected chi connectivity index (χ0v) is 14.7. The number of carbonyl (C=O) groups is 1. The molecule has 0 aromatic carbocycles. The number of aromatic nitrogens is 3. The molecule has 1 aliphatic heterocycles. The average Bonchev–Trinajstić information content (AvgIpc) is 3.23. The van der Waals surface area contributed by atoms with Crippen LogP contribution in [0.2, 0.25) is 0 Å². The average molecular weight is 360 g/mol. The van der Waals surface area contributed by atoms with E-state index in [0.717, 1.165) is 34.0 Å². The molecule has 0 unspecified atom stereocenters. The lowest BCUT2D eigenvalue weighted by atomic mass is 10.3. The van der Waals surface area contributed by atoms with E-state index in [-0.39, 0.29) is 6.03 Å². The number of nitrogens with zero attached hydrogens (tertiary/aromatic N) is 5. The minimum absolute atomic E-state index is 0.0899. The smallest absolute Gasteiger partial charge is 0.323 e. The Bertz CT molecular complexity index is 868. The van der Waals surface area contributed by atoms with Gasteiger partial charge in [0.05, 0.1) is 10.2 Å². The lowest BCUT2D eigenvalue weighted by molar-refractivity contribution is 0.208. The van der Waals surface area contributed by atoms with Crippen molar-refractivity contribution in [1.82, 2.24) is 19.9 Å². The highest BCUT2D eigenvalue weighted by atomic mass is 32.1. The highest BCUT2D eigenvalue weighted by Crippen LogP contribution is 2.28. The molecule has 3 aromatic heterocycles. The first-order chi connectivity index (χ1) is 11.7. The summed E-state index contributed by atoms with van der Waals surface area (Å²) in [4.78, 5) is 30.3. The van der Waals surface area contributed by atoms with Crippen LogP contribution in [0.4, 0.5) is 15.7 Å². The number of carbonyl (C=O) groups excluding carboxylic acids is 1. The number of thiophene rings is 1. The van der Waals surface area contributed by atoms with Crippen molar-refractivity contribution in [2.45, 2.75) is 6.92 Å². The summed E-state index contributed by atoms with van der Waals surface area (Å²) in [5.74, 6) is 0.964. The number of hydrogen-bond donors (Lipinski definition) is 1. The van der Waals surface area contributed by atoms with Gasteiger partial charge in [-0.05, 0) is 18.4 Å². The van der Waals surface area contributed by atoms with Gasteiger partial charge in [0.25, 0.3) is 0 Å². The zero-order valence-electron chi connectivity index (χ0n) is 13.1. The molecule has 1 saturated heterocycles. The van der Waals surface area contributed by atoms with Gasteiger partial charge >= 0.3 is 6.03 Å². The Labute approximate surface area is 147 Å². The van der Waals surface area contributed by atoms with Crippen molar-refractivity contribution in [3.63, 3.8) is 0 Å². The van der Waals surface area contributed by atoms with E-state index in [4.69, 9.17) is 0 Å². The van der Waals surface area contributed by atoms with Gasteiger partial charge < -0.3 is 9.80 Å². The quantitative estimate of drug-likeness (QED) is 0.761. The normalized spacial score (nSPS) is 15.0. The van der Waals surface area contributed by atoms with Crippen LogP contribution in [-0.4, -0.2) is 52.1 Å². The highest BCUT2D eigenvalue weighted by molar-refractivity contribution is 7.17. The number of piperazine rings is 1. The number of rotatable bonds is 2. The van der Waals surface area contributed by atoms with E-state index in [1.54, 1.807) is 23.9 Å². The van der Waals surface area contributed by atoms with Gasteiger partial charge in [0.15, 0.2) is 5.13 Å². The molecule has 4 rings (SSSR count). The van der Waals surface area contributed by atoms with E-state index in [0.29, 0.717) is 18.2 Å². The van der Waals surface area contributed by atoms with E-state index in [9.17, 15) is 4.79 Å². The largest absolute Gasteiger partial charge is 0.352 e. The van der Waals surface area contributed by atoms with Gasteiger partial charge in [0.2, 0.25) is 0 Å². The van der Waals surface area contributed by atoms with Gasteiger partial charge in [-0.25, -0.2) is 19.7 Å². The number of urea groups is 1. The molecule has 1 N–H and O–H groups in total. The summed E-state index contributed by atoms with van der Waals surface area (Å²) in [5.41, 5.74) is 0.976. The summed E-state index contributed by atoms with van der Waals surface area (Å²) in [5, 5.41) is 5.54. The first kappa shape index (κ1) is 15.3. The van der Waals surface area contributed by atoms with Crippen LogP contribution in [0.3, 0.4) is 0 Å². The summed E-state index contributed by atoms with van der Waals surface area (Å²) in [6, 6.07) is 1.91. The van der Waals surface area contributed by atoms with E-state index >= 15 is 0 Å². The lowest BCUT2D eigenvalue weighted by Gasteiger charge is -2.35. The molecule has 7 nitrogen and oxygen atoms in total. The van der Waals surface area contributed by atoms with Crippen molar-refractivity contribution in [2.75, 3.05) is 36.4 Å². The molecule has 0 bridgehead atoms. The number of amides is 2. The summed E-state index contributed by atoms with van der Waals surface area (Å²) >= 11 is 3.14. The maximum absolute atomic E-state index is 12.3. The monoisotopic (exact) mass is 360 g/mol. The van der Waals surface area contributed by atoms with E-state index < -0.39 is 0 Å². The van der Waals surface area contributed by atoms with Crippen LogP contribution in [0.1, 0.15) is 4.88 Å². The third kappa shape index (κ3) is 2.92. The van der Waals surface area contributed by atoms with E-state index in [2.05, 4.69) is 25.2 Å². The Morgan fingerprint density at radius 1 is 1.21 bits per heavy atom. The number of anilines is 2. The Kier molecular flexibility index (Phi) is 4.03. The summed E-state index contributed by atoms with van der Waals surface area (Å²) in [7, 11) is 0. The van der Waals surface area contributed by atoms with Crippen molar-refractivity contribution < 1.29 is 4.79 Å². The van der Waals surface area contributed by atoms with Crippen LogP contribution in [0.15, 0.2) is 24.0 Å². The summed E-state index contributed by atoms with van der Waals surface area (Å²) in [6.45, 7) is 4.81. The van der Waals surface area contributed by atoms with Crippen LogP contribution in [-0.2, 0) is 0 Å². The Morgan fingerprint density at radius 2 is 2.04 bits per heavy atom. The maximum atomic E-state index is 12.3. The Balaban J connectivity index is 1.41. The standard InChI is InChI=1S/C15H16N6OS2/c1-10-8-16-14(24-10)19-15(22)21-5-3-20(4-6-21)13-12-11(2-7-23-12)17-9-18-13/h2,7-9H,3-6H2,1H3,(H,16,19,22). The zero-order chi connectivity index (χ0) is 16.5. The van der Waals surface area contributed by atoms with Gasteiger partial charge in [-0.15, -0.1) is 22.7 Å². The molecule has 4 heterocycles. The molecular weight excluding hydrogens is 344 g/mol. The minimum atomic E-state index is -0.0899. The Hall–Kier alpha value is -2.26. The van der Waals surface area contributed by atoms with E-state index in [1.807, 2.05) is 23.3 Å². The first-order valence-electron chi connectivity index (χ1n) is 7.62. The van der Waals surface area contributed by atoms with Crippen molar-refractivity contribution in [1.29, 1.82) is 0 Å². The van der Waals surface area contributed by atoms with Gasteiger partial charge in [-0.1, -0.05) is 0 Å². The van der Waals surface area contributed by atoms with Crippen molar-refractivity contribution in [2.24, 2.45) is 0 Å². The second kappa shape index (κ2) is 6.33. The fourth-order valence-electron chi connectivity index (χ4n) is 2.71. The van der Waals surface area contributed by atoms with Gasteiger partial charge in [-0.2, -0.15) is 0 Å². The fourth-order valence-corrected chi connectivity index (χ4v) is 4.22. The minimum Gasteiger partial charge on any atom is -0.352 e. The molecule has 124 valence electrons. The molecule has 24 heavy (non-hydrogen) atoms. The topological polar surface area (TPSA) is 74.2 Å². The van der Waals surface area contributed by atoms with Gasteiger partial charge in [-0.3, -0.25) is 5.32 Å². The van der Waals surface area contributed by atoms with Crippen LogP contribution in [0.25, 0.3) is 10.2 Å². The molecule has 9 heteroatoms. The van der Waals surface area contributed by atoms with Crippen LogP contribution >= 0.6 is 22.7 Å². The van der Waals surface area contributed by atoms with Crippen LogP contribution in [0, 0.1) is 6.92 Å². The third-order valence-corrected chi connectivity index (χ3v) is 5.65. The molecular formula is C15H16N6OS2. The molecule has 0 atom stereocenters. The number of thiazole rings is 1. The number of fused-ring (bicyclic) bond motifs is 1. The summed E-state index contributed by atoms with van der Waals surface area (Å²) in [6.07, 6.45) is 3.37. The maximum Gasteiger partial charge on any atom is 0.323 e. The number of hydrogen-bond acceptors (Lipinski definition) is 7. The molecule has 3 aromatic rings. The van der Waals surface area contributed by atoms with Crippen molar-refractivity contribution in [3.05, 3.63) is 28.8 Å². The summed E-state index contributed by atoms with van der Waals surface area (Å²) < 4.78 is 1.11. The molecule has 0 spiro atoms. The van der Waals surface area contributed by atoms with Crippen LogP contribution in [0.5, 0.6) is 0 Å². The highest BCUT2D eigenvalue weighted by Gasteiger charge is 2.24. The SMILES string of the molecule is Cc1cnc(NC(=O)N2CCN(c3ncnc4ccsc34)CC2)s1. The van der Waals surface area contributed by atoms with Crippen LogP contribution < -0.4 is 10.2 Å². The molecule has 2 amide bonds. The molecule has 0 radical (unpaired) electrons. The number of aryl methyl sites for hydroxylation is 1. The lowest BCUT2D eigenvalue weighted by Crippen LogP contribution is -2.50. The first-order valence-corrected chi connectivity index (χ1v) is 9.32. The Morgan fingerprint density at radius 3 is 2.79 bits per heavy atom. The fraction of sp³-hybridized carbons (Fsp3) is 0.333. The molecule has 1 aliphatic rings. The molecule has 1 fully saturated rings.